The molecule has 6 heteroatoms. The third-order valence-corrected chi connectivity index (χ3v) is 3.88. The molecule has 2 aromatic rings. The van der Waals surface area contributed by atoms with E-state index in [1.54, 1.807) is 12.1 Å². The van der Waals surface area contributed by atoms with Crippen molar-refractivity contribution in [3.63, 3.8) is 0 Å². The highest BCUT2D eigenvalue weighted by Crippen LogP contribution is 2.25. The number of allylic oxidation sites excluding steroid dienone is 1. The smallest absolute Gasteiger partial charge is 0.0749 e. The van der Waals surface area contributed by atoms with Gasteiger partial charge in [-0.05, 0) is 43.9 Å². The van der Waals surface area contributed by atoms with E-state index in [2.05, 4.69) is 33.6 Å². The van der Waals surface area contributed by atoms with Gasteiger partial charge in [0.25, 0.3) is 0 Å². The Morgan fingerprint density at radius 1 is 1.12 bits per heavy atom. The fourth-order valence-corrected chi connectivity index (χ4v) is 2.43. The van der Waals surface area contributed by atoms with Gasteiger partial charge in [0.1, 0.15) is 0 Å². The Bertz CT molecular complexity index is 713. The number of rotatable bonds is 7. The highest BCUT2D eigenvalue weighted by molar-refractivity contribution is 6.36. The molecule has 0 saturated carbocycles. The van der Waals surface area contributed by atoms with Crippen molar-refractivity contribution in [1.29, 1.82) is 0 Å². The molecule has 3 nitrogen and oxygen atoms in total. The maximum absolute atomic E-state index is 6.17. The minimum atomic E-state index is 0. The predicted molar refractivity (Wildman–Crippen MR) is 113 cm³/mol. The summed E-state index contributed by atoms with van der Waals surface area (Å²) in [6.45, 7) is 0.911. The first-order valence-corrected chi connectivity index (χ1v) is 8.45. The minimum Gasteiger partial charge on any atom is -0.309 e. The fourth-order valence-electron chi connectivity index (χ4n) is 1.98. The Balaban J connectivity index is 0.00000312. The standard InChI is InChI=1S/C19H21Cl2N3.ClH/c1-24(2)13-12-17(10-8-15-6-4-3-5-7-15)22-23-19-11-9-16(20)14-18(19)21;/h3-11,14,23H,12-13H2,1-2H3;1H/b10-8+,22-17-;. The maximum Gasteiger partial charge on any atom is 0.0749 e. The van der Waals surface area contributed by atoms with Crippen molar-refractivity contribution in [3.8, 4) is 0 Å². The number of anilines is 1. The van der Waals surface area contributed by atoms with Gasteiger partial charge in [-0.1, -0.05) is 59.6 Å². The van der Waals surface area contributed by atoms with E-state index >= 15 is 0 Å². The Labute approximate surface area is 165 Å². The number of hydrazone groups is 1. The van der Waals surface area contributed by atoms with E-state index in [4.69, 9.17) is 23.2 Å². The van der Waals surface area contributed by atoms with Crippen LogP contribution in [0.15, 0.2) is 59.7 Å². The lowest BCUT2D eigenvalue weighted by molar-refractivity contribution is 0.422. The van der Waals surface area contributed by atoms with Gasteiger partial charge in [-0.15, -0.1) is 12.4 Å². The van der Waals surface area contributed by atoms with Crippen LogP contribution in [-0.2, 0) is 0 Å². The molecule has 1 N–H and O–H groups in total. The molecule has 2 aromatic carbocycles. The molecule has 25 heavy (non-hydrogen) atoms. The number of nitrogens with one attached hydrogen (secondary N) is 1. The van der Waals surface area contributed by atoms with Gasteiger partial charge in [-0.25, -0.2) is 0 Å². The van der Waals surface area contributed by atoms with Gasteiger partial charge in [0.05, 0.1) is 16.4 Å². The molecule has 0 heterocycles. The van der Waals surface area contributed by atoms with Crippen LogP contribution in [0.3, 0.4) is 0 Å². The molecule has 134 valence electrons. The molecule has 0 radical (unpaired) electrons. The van der Waals surface area contributed by atoms with Gasteiger partial charge in [0.15, 0.2) is 0 Å². The third kappa shape index (κ3) is 7.93. The van der Waals surface area contributed by atoms with E-state index in [0.29, 0.717) is 10.0 Å². The quantitative estimate of drug-likeness (QED) is 0.468. The molecular weight excluding hydrogens is 377 g/mol. The maximum atomic E-state index is 6.17. The van der Waals surface area contributed by atoms with Crippen LogP contribution in [0.1, 0.15) is 12.0 Å². The number of nitrogens with zero attached hydrogens (tertiary/aromatic N) is 2. The molecule has 0 aliphatic carbocycles. The molecule has 0 spiro atoms. The SMILES string of the molecule is CN(C)CCC(/C=C/c1ccccc1)=N\Nc1ccc(Cl)cc1Cl.Cl. The molecule has 0 aliphatic heterocycles. The fraction of sp³-hybridized carbons (Fsp3) is 0.211. The van der Waals surface area contributed by atoms with Crippen molar-refractivity contribution < 1.29 is 0 Å². The van der Waals surface area contributed by atoms with Crippen LogP contribution < -0.4 is 5.43 Å². The predicted octanol–water partition coefficient (Wildman–Crippen LogP) is 5.85. The number of hydrogen-bond donors (Lipinski definition) is 1. The Hall–Kier alpha value is -1.52. The van der Waals surface area contributed by atoms with E-state index in [1.807, 2.05) is 44.4 Å². The average Bonchev–Trinajstić information content (AvgIpc) is 2.56. The second-order valence-corrected chi connectivity index (χ2v) is 6.48. The molecule has 0 unspecified atom stereocenters. The molecule has 0 amide bonds. The summed E-state index contributed by atoms with van der Waals surface area (Å²) in [4.78, 5) is 2.13. The van der Waals surface area contributed by atoms with Crippen LogP contribution in [0.5, 0.6) is 0 Å². The summed E-state index contributed by atoms with van der Waals surface area (Å²) >= 11 is 12.1. The van der Waals surface area contributed by atoms with Gasteiger partial charge < -0.3 is 4.90 Å². The zero-order valence-electron chi connectivity index (χ0n) is 14.2. The zero-order valence-corrected chi connectivity index (χ0v) is 16.6. The van der Waals surface area contributed by atoms with Crippen molar-refractivity contribution in [3.05, 3.63) is 70.2 Å². The van der Waals surface area contributed by atoms with Crippen LogP contribution in [0.4, 0.5) is 5.69 Å². The summed E-state index contributed by atoms with van der Waals surface area (Å²) < 4.78 is 0. The largest absolute Gasteiger partial charge is 0.309 e. The van der Waals surface area contributed by atoms with Crippen LogP contribution in [0.2, 0.25) is 10.0 Å². The normalized spacial score (nSPS) is 11.6. The summed E-state index contributed by atoms with van der Waals surface area (Å²) in [5, 5.41) is 5.65. The van der Waals surface area contributed by atoms with E-state index in [0.717, 1.165) is 29.9 Å². The molecule has 0 fully saturated rings. The lowest BCUT2D eigenvalue weighted by atomic mass is 10.1. The van der Waals surface area contributed by atoms with Crippen LogP contribution in [-0.4, -0.2) is 31.3 Å². The second kappa shape index (κ2) is 11.2. The number of halogens is 3. The summed E-state index contributed by atoms with van der Waals surface area (Å²) in [5.41, 5.74) is 5.84. The van der Waals surface area contributed by atoms with E-state index in [-0.39, 0.29) is 12.4 Å². The lowest BCUT2D eigenvalue weighted by Gasteiger charge is -2.10. The van der Waals surface area contributed by atoms with Crippen molar-refractivity contribution in [2.75, 3.05) is 26.1 Å². The van der Waals surface area contributed by atoms with Gasteiger partial charge in [0, 0.05) is 18.0 Å². The second-order valence-electron chi connectivity index (χ2n) is 5.64. The molecule has 0 atom stereocenters. The van der Waals surface area contributed by atoms with Crippen molar-refractivity contribution in [1.82, 2.24) is 4.90 Å². The molecule has 0 aromatic heterocycles. The van der Waals surface area contributed by atoms with Crippen LogP contribution >= 0.6 is 35.6 Å². The Kier molecular flexibility index (Phi) is 9.61. The topological polar surface area (TPSA) is 27.6 Å². The van der Waals surface area contributed by atoms with E-state index in [9.17, 15) is 0 Å². The minimum absolute atomic E-state index is 0. The van der Waals surface area contributed by atoms with Crippen molar-refractivity contribution in [2.24, 2.45) is 5.10 Å². The first kappa shape index (κ1) is 21.5. The van der Waals surface area contributed by atoms with E-state index < -0.39 is 0 Å². The van der Waals surface area contributed by atoms with Gasteiger partial charge in [-0.3, -0.25) is 5.43 Å². The summed E-state index contributed by atoms with van der Waals surface area (Å²) in [5.74, 6) is 0. The van der Waals surface area contributed by atoms with Gasteiger partial charge in [0.2, 0.25) is 0 Å². The Morgan fingerprint density at radius 2 is 1.84 bits per heavy atom. The first-order chi connectivity index (χ1) is 11.5. The van der Waals surface area contributed by atoms with Gasteiger partial charge >= 0.3 is 0 Å². The third-order valence-electron chi connectivity index (χ3n) is 3.33. The monoisotopic (exact) mass is 397 g/mol. The molecule has 0 aliphatic rings. The lowest BCUT2D eigenvalue weighted by Crippen LogP contribution is -2.16. The molecule has 2 rings (SSSR count). The van der Waals surface area contributed by atoms with Crippen LogP contribution in [0, 0.1) is 0 Å². The molecule has 0 saturated heterocycles. The number of benzene rings is 2. The first-order valence-electron chi connectivity index (χ1n) is 7.70. The van der Waals surface area contributed by atoms with Crippen LogP contribution in [0.25, 0.3) is 6.08 Å². The average molecular weight is 399 g/mol. The summed E-state index contributed by atoms with van der Waals surface area (Å²) in [6, 6.07) is 15.4. The zero-order chi connectivity index (χ0) is 17.4. The molecular formula is C19H22Cl3N3. The highest BCUT2D eigenvalue weighted by atomic mass is 35.5. The van der Waals surface area contributed by atoms with Crippen molar-refractivity contribution >= 4 is 53.1 Å². The van der Waals surface area contributed by atoms with Crippen molar-refractivity contribution in [2.45, 2.75) is 6.42 Å². The van der Waals surface area contributed by atoms with E-state index in [1.165, 1.54) is 0 Å². The highest BCUT2D eigenvalue weighted by Gasteiger charge is 2.02. The van der Waals surface area contributed by atoms with Gasteiger partial charge in [-0.2, -0.15) is 5.10 Å². The number of hydrogen-bond acceptors (Lipinski definition) is 3. The summed E-state index contributed by atoms with van der Waals surface area (Å²) in [6.07, 6.45) is 4.91. The molecule has 0 bridgehead atoms. The summed E-state index contributed by atoms with van der Waals surface area (Å²) in [7, 11) is 4.09. The Morgan fingerprint density at radius 3 is 2.48 bits per heavy atom.